The molecule has 0 spiro atoms. The molecule has 2 aliphatic carbocycles. The van der Waals surface area contributed by atoms with Crippen LogP contribution in [0, 0.1) is 5.92 Å². The molecule has 2 N–H and O–H groups in total. The highest BCUT2D eigenvalue weighted by Crippen LogP contribution is 2.60. The molecule has 1 unspecified atom stereocenters. The monoisotopic (exact) mass is 458 g/mol. The highest BCUT2D eigenvalue weighted by Gasteiger charge is 2.57. The van der Waals surface area contributed by atoms with Gasteiger partial charge in [0.1, 0.15) is 5.82 Å². The van der Waals surface area contributed by atoms with Crippen molar-refractivity contribution in [2.45, 2.75) is 64.1 Å². The molecule has 6 heteroatoms. The lowest BCUT2D eigenvalue weighted by molar-refractivity contribution is 0.221. The Morgan fingerprint density at radius 1 is 1.00 bits per heavy atom. The van der Waals surface area contributed by atoms with Crippen LogP contribution in [-0.2, 0) is 4.43 Å². The summed E-state index contributed by atoms with van der Waals surface area (Å²) in [6, 6.07) is 22.0. The molecule has 0 radical (unpaired) electrons. The van der Waals surface area contributed by atoms with Crippen LogP contribution in [0.3, 0.4) is 0 Å². The van der Waals surface area contributed by atoms with E-state index in [1.807, 2.05) is 4.68 Å². The van der Waals surface area contributed by atoms with Crippen molar-refractivity contribution in [3.63, 3.8) is 0 Å². The lowest BCUT2D eigenvalue weighted by atomic mass is 10.1. The van der Waals surface area contributed by atoms with Crippen molar-refractivity contribution in [1.29, 1.82) is 0 Å². The quantitative estimate of drug-likeness (QED) is 0.438. The first kappa shape index (κ1) is 22.1. The van der Waals surface area contributed by atoms with Gasteiger partial charge in [0.2, 0.25) is 5.95 Å². The minimum atomic E-state index is -2.55. The maximum Gasteiger partial charge on any atom is 0.261 e. The number of allylic oxidation sites excluding steroid dienone is 1. The summed E-state index contributed by atoms with van der Waals surface area (Å²) in [5, 5.41) is 7.05. The first-order valence-corrected chi connectivity index (χ1v) is 13.9. The summed E-state index contributed by atoms with van der Waals surface area (Å²) < 4.78 is 9.28. The Kier molecular flexibility index (Phi) is 5.33. The molecule has 3 atom stereocenters. The fraction of sp³-hybridized carbons (Fsp3) is 0.407. The molecule has 33 heavy (non-hydrogen) atoms. The molecular formula is C27H34N4OSi. The third-order valence-corrected chi connectivity index (χ3v) is 12.2. The van der Waals surface area contributed by atoms with E-state index >= 15 is 0 Å². The van der Waals surface area contributed by atoms with Crippen LogP contribution in [0.15, 0.2) is 72.3 Å². The number of aromatic nitrogens is 3. The first-order chi connectivity index (χ1) is 15.7. The van der Waals surface area contributed by atoms with Crippen molar-refractivity contribution in [3.05, 3.63) is 78.1 Å². The molecule has 2 aromatic carbocycles. The molecule has 5 rings (SSSR count). The van der Waals surface area contributed by atoms with Crippen molar-refractivity contribution in [2.24, 2.45) is 5.92 Å². The first-order valence-electron chi connectivity index (χ1n) is 11.9. The van der Waals surface area contributed by atoms with Gasteiger partial charge in [-0.2, -0.15) is 4.98 Å². The molecule has 1 aromatic heterocycles. The number of fused-ring (bicyclic) bond motifs is 1. The van der Waals surface area contributed by atoms with E-state index in [9.17, 15) is 0 Å². The zero-order valence-corrected chi connectivity index (χ0v) is 21.2. The van der Waals surface area contributed by atoms with E-state index in [0.29, 0.717) is 17.8 Å². The number of benzene rings is 2. The van der Waals surface area contributed by atoms with Gasteiger partial charge in [-0.1, -0.05) is 93.1 Å². The zero-order chi connectivity index (χ0) is 23.4. The topological polar surface area (TPSA) is 66.0 Å². The molecule has 0 bridgehead atoms. The Balaban J connectivity index is 1.50. The van der Waals surface area contributed by atoms with Crippen LogP contribution in [0.25, 0.3) is 0 Å². The highest BCUT2D eigenvalue weighted by atomic mass is 28.4. The van der Waals surface area contributed by atoms with Gasteiger partial charge in [-0.25, -0.2) is 4.68 Å². The SMILES string of the molecule is CC(C)n1nc(N)nc1[C@@H]1C2=CC(O[Si](c3ccccc3)(c3ccccc3)C(C)(C)C)C[C@H]21. The minimum Gasteiger partial charge on any atom is -0.401 e. The van der Waals surface area contributed by atoms with Gasteiger partial charge in [0.15, 0.2) is 0 Å². The van der Waals surface area contributed by atoms with Gasteiger partial charge in [-0.05, 0) is 41.6 Å². The van der Waals surface area contributed by atoms with Crippen molar-refractivity contribution in [1.82, 2.24) is 14.8 Å². The van der Waals surface area contributed by atoms with Gasteiger partial charge < -0.3 is 10.2 Å². The van der Waals surface area contributed by atoms with Crippen LogP contribution in [0.2, 0.25) is 5.04 Å². The molecule has 1 saturated carbocycles. The molecule has 1 fully saturated rings. The van der Waals surface area contributed by atoms with Gasteiger partial charge >= 0.3 is 0 Å². The van der Waals surface area contributed by atoms with Gasteiger partial charge in [0.25, 0.3) is 8.32 Å². The normalized spacial score (nSPS) is 22.4. The fourth-order valence-corrected chi connectivity index (χ4v) is 10.3. The lowest BCUT2D eigenvalue weighted by Crippen LogP contribution is -2.67. The van der Waals surface area contributed by atoms with Crippen molar-refractivity contribution < 1.29 is 4.43 Å². The molecule has 2 aliphatic rings. The molecule has 0 saturated heterocycles. The largest absolute Gasteiger partial charge is 0.401 e. The predicted molar refractivity (Wildman–Crippen MR) is 136 cm³/mol. The van der Waals surface area contributed by atoms with Gasteiger partial charge in [-0.15, -0.1) is 5.10 Å². The van der Waals surface area contributed by atoms with Crippen LogP contribution < -0.4 is 16.1 Å². The number of hydrogen-bond acceptors (Lipinski definition) is 4. The van der Waals surface area contributed by atoms with Crippen molar-refractivity contribution >= 4 is 24.6 Å². The third kappa shape index (κ3) is 3.65. The average Bonchev–Trinajstić information content (AvgIpc) is 3.09. The zero-order valence-electron chi connectivity index (χ0n) is 20.2. The summed E-state index contributed by atoms with van der Waals surface area (Å²) >= 11 is 0. The average molecular weight is 459 g/mol. The maximum atomic E-state index is 7.30. The fourth-order valence-electron chi connectivity index (χ4n) is 5.65. The molecule has 0 amide bonds. The Labute approximate surface area is 197 Å². The van der Waals surface area contributed by atoms with Crippen LogP contribution >= 0.6 is 0 Å². The standard InChI is InChI=1S/C27H34N4OSi/c1-18(2)31-25(29-26(28)30-31)24-22-16-19(17-23(22)24)32-33(27(3,4)5,20-12-8-6-9-13-20)21-14-10-7-11-15-21/h6-16,18-19,23-24H,17H2,1-5H3,(H2,28,30)/t19?,23-,24-/m1/s1. The van der Waals surface area contributed by atoms with Gasteiger partial charge in [0, 0.05) is 12.0 Å². The van der Waals surface area contributed by atoms with E-state index < -0.39 is 8.32 Å². The third-order valence-electron chi connectivity index (χ3n) is 7.13. The second-order valence-electron chi connectivity index (χ2n) is 10.7. The summed E-state index contributed by atoms with van der Waals surface area (Å²) in [6.45, 7) is 11.2. The molecule has 5 nitrogen and oxygen atoms in total. The van der Waals surface area contributed by atoms with E-state index in [1.165, 1.54) is 15.9 Å². The van der Waals surface area contributed by atoms with Crippen LogP contribution in [-0.4, -0.2) is 29.2 Å². The Morgan fingerprint density at radius 2 is 1.58 bits per heavy atom. The molecule has 1 heterocycles. The second-order valence-corrected chi connectivity index (χ2v) is 14.9. The number of hydrogen-bond donors (Lipinski definition) is 1. The Hall–Kier alpha value is -2.70. The van der Waals surface area contributed by atoms with Crippen LogP contribution in [0.5, 0.6) is 0 Å². The highest BCUT2D eigenvalue weighted by molar-refractivity contribution is 6.99. The number of nitrogen functional groups attached to an aromatic ring is 1. The molecular weight excluding hydrogens is 424 g/mol. The predicted octanol–water partition coefficient (Wildman–Crippen LogP) is 4.43. The van der Waals surface area contributed by atoms with E-state index in [1.54, 1.807) is 0 Å². The van der Waals surface area contributed by atoms with E-state index in [-0.39, 0.29) is 17.2 Å². The van der Waals surface area contributed by atoms with E-state index in [4.69, 9.17) is 10.2 Å². The summed E-state index contributed by atoms with van der Waals surface area (Å²) in [6.07, 6.45) is 3.47. The summed E-state index contributed by atoms with van der Waals surface area (Å²) in [4.78, 5) is 4.57. The lowest BCUT2D eigenvalue weighted by Gasteiger charge is -2.44. The number of nitrogens with two attached hydrogens (primary N) is 1. The van der Waals surface area contributed by atoms with E-state index in [0.717, 1.165) is 12.2 Å². The number of rotatable bonds is 6. The summed E-state index contributed by atoms with van der Waals surface area (Å²) in [5.41, 5.74) is 7.38. The number of anilines is 1. The Morgan fingerprint density at radius 3 is 2.03 bits per heavy atom. The summed E-state index contributed by atoms with van der Waals surface area (Å²) in [5.74, 6) is 2.18. The van der Waals surface area contributed by atoms with E-state index in [2.05, 4.69) is 111 Å². The number of nitrogens with zero attached hydrogens (tertiary/aromatic N) is 3. The van der Waals surface area contributed by atoms with Crippen molar-refractivity contribution in [2.75, 3.05) is 5.73 Å². The molecule has 172 valence electrons. The maximum absolute atomic E-state index is 7.30. The smallest absolute Gasteiger partial charge is 0.261 e. The van der Waals surface area contributed by atoms with Crippen molar-refractivity contribution in [3.8, 4) is 0 Å². The molecule has 0 aliphatic heterocycles. The molecule has 3 aromatic rings. The van der Waals surface area contributed by atoms with Gasteiger partial charge in [0.05, 0.1) is 6.10 Å². The van der Waals surface area contributed by atoms with Crippen LogP contribution in [0.1, 0.15) is 58.8 Å². The second kappa shape index (κ2) is 7.96. The minimum absolute atomic E-state index is 0.0212. The van der Waals surface area contributed by atoms with Crippen LogP contribution in [0.4, 0.5) is 5.95 Å². The van der Waals surface area contributed by atoms with Gasteiger partial charge in [-0.3, -0.25) is 0 Å². The Bertz CT molecular complexity index is 1120. The summed E-state index contributed by atoms with van der Waals surface area (Å²) in [7, 11) is -2.55.